The molecular formula is C16H15N5O2. The zero-order chi connectivity index (χ0) is 16.2. The fourth-order valence-corrected chi connectivity index (χ4v) is 1.96. The molecule has 3 N–H and O–H groups in total. The van der Waals surface area contributed by atoms with Crippen LogP contribution in [0.1, 0.15) is 21.9 Å². The quantitative estimate of drug-likeness (QED) is 0.764. The van der Waals surface area contributed by atoms with Crippen LogP contribution in [-0.4, -0.2) is 21.0 Å². The first-order valence-corrected chi connectivity index (χ1v) is 7.02. The summed E-state index contributed by atoms with van der Waals surface area (Å²) in [6.45, 7) is 2.25. The van der Waals surface area contributed by atoms with E-state index in [1.54, 1.807) is 6.07 Å². The Morgan fingerprint density at radius 3 is 2.57 bits per heavy atom. The van der Waals surface area contributed by atoms with Crippen molar-refractivity contribution in [1.29, 1.82) is 0 Å². The number of rotatable bonds is 4. The average Bonchev–Trinajstić information content (AvgIpc) is 3.06. The van der Waals surface area contributed by atoms with E-state index in [0.29, 0.717) is 17.2 Å². The molecule has 0 aliphatic heterocycles. The third-order valence-electron chi connectivity index (χ3n) is 3.23. The van der Waals surface area contributed by atoms with Crippen molar-refractivity contribution >= 4 is 11.6 Å². The number of aryl methyl sites for hydroxylation is 1. The second-order valence-electron chi connectivity index (χ2n) is 4.99. The summed E-state index contributed by atoms with van der Waals surface area (Å²) in [6.07, 6.45) is 2.98. The Bertz CT molecular complexity index is 809. The van der Waals surface area contributed by atoms with Gasteiger partial charge in [0.1, 0.15) is 11.5 Å². The molecule has 2 aromatic heterocycles. The highest BCUT2D eigenvalue weighted by atomic mass is 16.5. The Hall–Kier alpha value is -3.06. The van der Waals surface area contributed by atoms with Crippen LogP contribution in [0.2, 0.25) is 0 Å². The topological polar surface area (TPSA) is 107 Å². The minimum atomic E-state index is -0.417. The minimum Gasteiger partial charge on any atom is -0.350 e. The van der Waals surface area contributed by atoms with E-state index < -0.39 is 5.91 Å². The second kappa shape index (κ2) is 6.37. The molecule has 0 aliphatic rings. The SMILES string of the molecule is Cc1ccc(-c2cc(C(=O)Nc3cnc(CN)nc3)on2)cc1. The molecule has 0 bridgehead atoms. The molecular weight excluding hydrogens is 294 g/mol. The maximum absolute atomic E-state index is 12.1. The molecule has 7 heteroatoms. The standard InChI is InChI=1S/C16H15N5O2/c1-10-2-4-11(5-3-10)13-6-14(23-21-13)16(22)20-12-8-18-15(7-17)19-9-12/h2-6,8-9H,7,17H2,1H3,(H,20,22). The van der Waals surface area contributed by atoms with Gasteiger partial charge in [-0.1, -0.05) is 35.0 Å². The number of benzene rings is 1. The van der Waals surface area contributed by atoms with E-state index >= 15 is 0 Å². The molecule has 0 fully saturated rings. The van der Waals surface area contributed by atoms with Gasteiger partial charge in [0.15, 0.2) is 0 Å². The maximum atomic E-state index is 12.1. The van der Waals surface area contributed by atoms with E-state index in [4.69, 9.17) is 10.3 Å². The van der Waals surface area contributed by atoms with Gasteiger partial charge in [0.2, 0.25) is 5.76 Å². The lowest BCUT2D eigenvalue weighted by molar-refractivity contribution is 0.0988. The Labute approximate surface area is 132 Å². The number of hydrogen-bond donors (Lipinski definition) is 2. The van der Waals surface area contributed by atoms with Crippen LogP contribution >= 0.6 is 0 Å². The highest BCUT2D eigenvalue weighted by Gasteiger charge is 2.14. The number of nitrogens with two attached hydrogens (primary N) is 1. The lowest BCUT2D eigenvalue weighted by Gasteiger charge is -2.01. The van der Waals surface area contributed by atoms with Gasteiger partial charge >= 0.3 is 0 Å². The molecule has 23 heavy (non-hydrogen) atoms. The first-order valence-electron chi connectivity index (χ1n) is 7.02. The van der Waals surface area contributed by atoms with Crippen LogP contribution in [0, 0.1) is 6.92 Å². The lowest BCUT2D eigenvalue weighted by atomic mass is 10.1. The summed E-state index contributed by atoms with van der Waals surface area (Å²) < 4.78 is 5.11. The molecule has 0 spiro atoms. The molecule has 0 aliphatic carbocycles. The van der Waals surface area contributed by atoms with Crippen molar-refractivity contribution in [3.8, 4) is 11.3 Å². The van der Waals surface area contributed by atoms with Crippen molar-refractivity contribution in [1.82, 2.24) is 15.1 Å². The number of anilines is 1. The van der Waals surface area contributed by atoms with E-state index in [-0.39, 0.29) is 12.3 Å². The largest absolute Gasteiger partial charge is 0.350 e. The number of hydrogen-bond acceptors (Lipinski definition) is 6. The smallest absolute Gasteiger partial charge is 0.294 e. The molecule has 7 nitrogen and oxygen atoms in total. The monoisotopic (exact) mass is 309 g/mol. The third kappa shape index (κ3) is 3.41. The molecule has 1 amide bonds. The van der Waals surface area contributed by atoms with Gasteiger partial charge in [-0.3, -0.25) is 4.79 Å². The molecule has 0 saturated carbocycles. The summed E-state index contributed by atoms with van der Waals surface area (Å²) in [5.41, 5.74) is 8.52. The molecule has 0 radical (unpaired) electrons. The van der Waals surface area contributed by atoms with Crippen LogP contribution in [-0.2, 0) is 6.54 Å². The van der Waals surface area contributed by atoms with E-state index in [2.05, 4.69) is 20.4 Å². The molecule has 1 aromatic carbocycles. The first kappa shape index (κ1) is 14.9. The highest BCUT2D eigenvalue weighted by Crippen LogP contribution is 2.20. The van der Waals surface area contributed by atoms with Gasteiger partial charge in [-0.05, 0) is 6.92 Å². The summed E-state index contributed by atoms with van der Waals surface area (Å²) in [6, 6.07) is 9.39. The number of amides is 1. The molecule has 116 valence electrons. The van der Waals surface area contributed by atoms with E-state index in [1.165, 1.54) is 12.4 Å². The van der Waals surface area contributed by atoms with Crippen LogP contribution in [0.25, 0.3) is 11.3 Å². The number of aromatic nitrogens is 3. The molecule has 3 aromatic rings. The van der Waals surface area contributed by atoms with E-state index in [1.807, 2.05) is 31.2 Å². The zero-order valence-electron chi connectivity index (χ0n) is 12.5. The Balaban J connectivity index is 1.74. The van der Waals surface area contributed by atoms with Gasteiger partial charge in [0.05, 0.1) is 24.6 Å². The number of nitrogens with one attached hydrogen (secondary N) is 1. The van der Waals surface area contributed by atoms with Crippen molar-refractivity contribution in [2.75, 3.05) is 5.32 Å². The predicted octanol–water partition coefficient (Wildman–Crippen LogP) is 2.15. The number of nitrogens with zero attached hydrogens (tertiary/aromatic N) is 3. The van der Waals surface area contributed by atoms with Crippen LogP contribution in [0.4, 0.5) is 5.69 Å². The van der Waals surface area contributed by atoms with Crippen molar-refractivity contribution in [2.45, 2.75) is 13.5 Å². The Morgan fingerprint density at radius 1 is 1.22 bits per heavy atom. The fraction of sp³-hybridized carbons (Fsp3) is 0.125. The number of carbonyl (C=O) groups is 1. The molecule has 0 unspecified atom stereocenters. The summed E-state index contributed by atoms with van der Waals surface area (Å²) in [4.78, 5) is 20.2. The van der Waals surface area contributed by atoms with Gasteiger partial charge in [0, 0.05) is 11.6 Å². The van der Waals surface area contributed by atoms with Crippen molar-refractivity contribution < 1.29 is 9.32 Å². The first-order chi connectivity index (χ1) is 11.2. The second-order valence-corrected chi connectivity index (χ2v) is 4.99. The summed E-state index contributed by atoms with van der Waals surface area (Å²) in [5.74, 6) is 0.202. The third-order valence-corrected chi connectivity index (χ3v) is 3.23. The van der Waals surface area contributed by atoms with Crippen LogP contribution in [0.3, 0.4) is 0 Å². The normalized spacial score (nSPS) is 10.5. The van der Waals surface area contributed by atoms with Gasteiger partial charge in [0.25, 0.3) is 5.91 Å². The lowest BCUT2D eigenvalue weighted by Crippen LogP contribution is -2.12. The van der Waals surface area contributed by atoms with Gasteiger partial charge < -0.3 is 15.6 Å². The van der Waals surface area contributed by atoms with Crippen LogP contribution in [0.15, 0.2) is 47.2 Å². The van der Waals surface area contributed by atoms with E-state index in [0.717, 1.165) is 11.1 Å². The van der Waals surface area contributed by atoms with Crippen molar-refractivity contribution in [3.63, 3.8) is 0 Å². The molecule has 2 heterocycles. The van der Waals surface area contributed by atoms with E-state index in [9.17, 15) is 4.79 Å². The minimum absolute atomic E-state index is 0.114. The summed E-state index contributed by atoms with van der Waals surface area (Å²) in [7, 11) is 0. The van der Waals surface area contributed by atoms with Crippen molar-refractivity contribution in [3.05, 3.63) is 59.9 Å². The Kier molecular flexibility index (Phi) is 4.11. The summed E-state index contributed by atoms with van der Waals surface area (Å²) in [5, 5.41) is 6.57. The molecule has 0 saturated heterocycles. The van der Waals surface area contributed by atoms with Gasteiger partial charge in [-0.15, -0.1) is 0 Å². The number of carbonyl (C=O) groups excluding carboxylic acids is 1. The fourth-order valence-electron chi connectivity index (χ4n) is 1.96. The predicted molar refractivity (Wildman–Crippen MR) is 84.6 cm³/mol. The van der Waals surface area contributed by atoms with Crippen LogP contribution < -0.4 is 11.1 Å². The average molecular weight is 309 g/mol. The van der Waals surface area contributed by atoms with Crippen LogP contribution in [0.5, 0.6) is 0 Å². The van der Waals surface area contributed by atoms with Crippen molar-refractivity contribution in [2.24, 2.45) is 5.73 Å². The maximum Gasteiger partial charge on any atom is 0.294 e. The van der Waals surface area contributed by atoms with Gasteiger partial charge in [-0.25, -0.2) is 9.97 Å². The Morgan fingerprint density at radius 2 is 1.91 bits per heavy atom. The van der Waals surface area contributed by atoms with Gasteiger partial charge in [-0.2, -0.15) is 0 Å². The highest BCUT2D eigenvalue weighted by molar-refractivity contribution is 6.02. The molecule has 0 atom stereocenters. The molecule has 3 rings (SSSR count). The summed E-state index contributed by atoms with van der Waals surface area (Å²) >= 11 is 0. The zero-order valence-corrected chi connectivity index (χ0v) is 12.5.